The Bertz CT molecular complexity index is 877. The van der Waals surface area contributed by atoms with Crippen LogP contribution in [0.3, 0.4) is 0 Å². The van der Waals surface area contributed by atoms with Crippen molar-refractivity contribution in [1.82, 2.24) is 5.32 Å². The highest BCUT2D eigenvalue weighted by Crippen LogP contribution is 2.39. The SMILES string of the molecule is C[C@H](O[Si](C)(C)C(C)(C)C)[C@H]1C(=O)N[C@@H]1CC(=O)CC(=O)OCc1ccc([N+](=O)[O-])cc1. The van der Waals surface area contributed by atoms with E-state index in [1.165, 1.54) is 24.3 Å². The van der Waals surface area contributed by atoms with Crippen LogP contribution in [0.2, 0.25) is 18.1 Å². The van der Waals surface area contributed by atoms with Gasteiger partial charge in [-0.15, -0.1) is 0 Å². The molecule has 1 aromatic carbocycles. The van der Waals surface area contributed by atoms with Gasteiger partial charge in [0, 0.05) is 24.6 Å². The van der Waals surface area contributed by atoms with Gasteiger partial charge in [0.2, 0.25) is 5.91 Å². The summed E-state index contributed by atoms with van der Waals surface area (Å²) in [5.74, 6) is -1.58. The van der Waals surface area contributed by atoms with Gasteiger partial charge in [-0.2, -0.15) is 0 Å². The number of ketones is 1. The molecule has 1 aromatic rings. The van der Waals surface area contributed by atoms with Crippen molar-refractivity contribution in [3.05, 3.63) is 39.9 Å². The lowest BCUT2D eigenvalue weighted by Gasteiger charge is -2.45. The molecule has 0 aliphatic carbocycles. The molecule has 0 aromatic heterocycles. The first-order valence-electron chi connectivity index (χ1n) is 10.6. The molecule has 0 saturated carbocycles. The fraction of sp³-hybridized carbons (Fsp3) is 0.591. The highest BCUT2D eigenvalue weighted by atomic mass is 28.4. The molecule has 0 bridgehead atoms. The van der Waals surface area contributed by atoms with E-state index in [4.69, 9.17) is 9.16 Å². The van der Waals surface area contributed by atoms with Crippen LogP contribution in [0.15, 0.2) is 24.3 Å². The van der Waals surface area contributed by atoms with Crippen molar-refractivity contribution in [1.29, 1.82) is 0 Å². The molecule has 1 N–H and O–H groups in total. The summed E-state index contributed by atoms with van der Waals surface area (Å²) >= 11 is 0. The fourth-order valence-corrected chi connectivity index (χ4v) is 4.73. The molecule has 1 fully saturated rings. The quantitative estimate of drug-likeness (QED) is 0.140. The van der Waals surface area contributed by atoms with E-state index in [0.717, 1.165) is 0 Å². The average molecular weight is 465 g/mol. The Balaban J connectivity index is 1.83. The Morgan fingerprint density at radius 3 is 2.31 bits per heavy atom. The highest BCUT2D eigenvalue weighted by molar-refractivity contribution is 6.74. The first kappa shape index (κ1) is 25.7. The van der Waals surface area contributed by atoms with Gasteiger partial charge in [-0.05, 0) is 42.8 Å². The first-order chi connectivity index (χ1) is 14.7. The second kappa shape index (κ2) is 9.91. The lowest BCUT2D eigenvalue weighted by atomic mass is 9.83. The number of ether oxygens (including phenoxy) is 1. The number of hydrogen-bond donors (Lipinski definition) is 1. The topological polar surface area (TPSA) is 125 Å². The summed E-state index contributed by atoms with van der Waals surface area (Å²) in [4.78, 5) is 46.6. The molecular weight excluding hydrogens is 432 g/mol. The molecule has 1 saturated heterocycles. The van der Waals surface area contributed by atoms with E-state index in [-0.39, 0.29) is 47.6 Å². The van der Waals surface area contributed by atoms with E-state index >= 15 is 0 Å². The number of benzene rings is 1. The number of rotatable bonds is 10. The normalized spacial score (nSPS) is 19.5. The van der Waals surface area contributed by atoms with Crippen LogP contribution >= 0.6 is 0 Å². The molecule has 9 nitrogen and oxygen atoms in total. The zero-order valence-corrected chi connectivity index (χ0v) is 20.5. The molecule has 0 unspecified atom stereocenters. The number of Topliss-reactive ketones (excluding diaryl/α,β-unsaturated/α-hetero) is 1. The minimum atomic E-state index is -2.07. The Morgan fingerprint density at radius 1 is 1.22 bits per heavy atom. The van der Waals surface area contributed by atoms with Crippen LogP contribution in [0.25, 0.3) is 0 Å². The summed E-state index contributed by atoms with van der Waals surface area (Å²) in [6.45, 7) is 12.4. The lowest BCUT2D eigenvalue weighted by molar-refractivity contribution is -0.384. The van der Waals surface area contributed by atoms with Gasteiger partial charge < -0.3 is 14.5 Å². The summed E-state index contributed by atoms with van der Waals surface area (Å²) in [5, 5.41) is 13.4. The second-order valence-electron chi connectivity index (χ2n) is 9.73. The Morgan fingerprint density at radius 2 is 1.81 bits per heavy atom. The summed E-state index contributed by atoms with van der Waals surface area (Å²) in [5.41, 5.74) is 0.526. The number of carbonyl (C=O) groups is 3. The molecule has 1 aliphatic heterocycles. The monoisotopic (exact) mass is 464 g/mol. The van der Waals surface area contributed by atoms with Gasteiger partial charge in [-0.3, -0.25) is 24.5 Å². The second-order valence-corrected chi connectivity index (χ2v) is 14.5. The maximum Gasteiger partial charge on any atom is 0.313 e. The first-order valence-corrected chi connectivity index (χ1v) is 13.5. The number of nitrogens with one attached hydrogen (secondary N) is 1. The van der Waals surface area contributed by atoms with Crippen LogP contribution in [-0.4, -0.2) is 43.0 Å². The molecule has 0 radical (unpaired) electrons. The molecule has 10 heteroatoms. The molecule has 176 valence electrons. The molecule has 3 atom stereocenters. The predicted molar refractivity (Wildman–Crippen MR) is 120 cm³/mol. The maximum absolute atomic E-state index is 12.3. The molecule has 0 spiro atoms. The minimum Gasteiger partial charge on any atom is -0.460 e. The fourth-order valence-electron chi connectivity index (χ4n) is 3.30. The predicted octanol–water partition coefficient (Wildman–Crippen LogP) is 3.51. The molecule has 1 aliphatic rings. The van der Waals surface area contributed by atoms with E-state index in [2.05, 4.69) is 39.2 Å². The average Bonchev–Trinajstić information content (AvgIpc) is 2.64. The third kappa shape index (κ3) is 6.46. The van der Waals surface area contributed by atoms with Crippen molar-refractivity contribution in [2.24, 2.45) is 5.92 Å². The minimum absolute atomic E-state index is 0.000228. The number of carbonyl (C=O) groups excluding carboxylic acids is 3. The van der Waals surface area contributed by atoms with Crippen molar-refractivity contribution in [3.8, 4) is 0 Å². The molecular formula is C22H32N2O7Si. The van der Waals surface area contributed by atoms with Crippen molar-refractivity contribution < 1.29 is 28.5 Å². The van der Waals surface area contributed by atoms with Crippen LogP contribution in [0.1, 0.15) is 46.1 Å². The van der Waals surface area contributed by atoms with Crippen LogP contribution in [0.4, 0.5) is 5.69 Å². The van der Waals surface area contributed by atoms with Gasteiger partial charge in [0.1, 0.15) is 18.8 Å². The number of amides is 1. The number of nitro groups is 1. The van der Waals surface area contributed by atoms with Gasteiger partial charge in [0.25, 0.3) is 5.69 Å². The van der Waals surface area contributed by atoms with Crippen LogP contribution < -0.4 is 5.32 Å². The van der Waals surface area contributed by atoms with Crippen molar-refractivity contribution in [2.45, 2.75) is 77.4 Å². The van der Waals surface area contributed by atoms with Gasteiger partial charge in [-0.25, -0.2) is 0 Å². The Kier molecular flexibility index (Phi) is 7.95. The van der Waals surface area contributed by atoms with Crippen molar-refractivity contribution in [2.75, 3.05) is 0 Å². The zero-order chi connectivity index (χ0) is 24.3. The summed E-state index contributed by atoms with van der Waals surface area (Å²) in [6.07, 6.45) is -0.686. The summed E-state index contributed by atoms with van der Waals surface area (Å²) in [7, 11) is -2.07. The number of esters is 1. The van der Waals surface area contributed by atoms with Gasteiger partial charge in [0.05, 0.1) is 16.9 Å². The van der Waals surface area contributed by atoms with Crippen molar-refractivity contribution in [3.63, 3.8) is 0 Å². The van der Waals surface area contributed by atoms with Crippen molar-refractivity contribution >= 4 is 31.7 Å². The maximum atomic E-state index is 12.3. The Hall–Kier alpha value is -2.59. The molecule has 2 rings (SSSR count). The largest absolute Gasteiger partial charge is 0.460 e. The number of non-ortho nitro benzene ring substituents is 1. The molecule has 32 heavy (non-hydrogen) atoms. The number of nitro benzene ring substituents is 1. The van der Waals surface area contributed by atoms with Crippen LogP contribution in [0, 0.1) is 16.0 Å². The third-order valence-electron chi connectivity index (χ3n) is 6.19. The summed E-state index contributed by atoms with van der Waals surface area (Å²) < 4.78 is 11.4. The molecule has 1 amide bonds. The van der Waals surface area contributed by atoms with E-state index in [9.17, 15) is 24.5 Å². The van der Waals surface area contributed by atoms with Gasteiger partial charge >= 0.3 is 5.97 Å². The van der Waals surface area contributed by atoms with Gasteiger partial charge in [-0.1, -0.05) is 20.8 Å². The lowest BCUT2D eigenvalue weighted by Crippen LogP contribution is -2.64. The van der Waals surface area contributed by atoms with E-state index in [1.54, 1.807) is 0 Å². The van der Waals surface area contributed by atoms with Crippen LogP contribution in [0.5, 0.6) is 0 Å². The third-order valence-corrected chi connectivity index (χ3v) is 10.8. The standard InChI is InChI=1S/C22H32N2O7Si/c1-14(31-32(5,6)22(2,3)4)20-18(23-21(20)27)11-17(25)12-19(26)30-13-15-7-9-16(10-8-15)24(28)29/h7-10,14,18,20H,11-13H2,1-6H3,(H,23,27)/t14-,18+,20+/m0/s1. The van der Waals surface area contributed by atoms with Gasteiger partial charge in [0.15, 0.2) is 8.32 Å². The molecule has 1 heterocycles. The van der Waals surface area contributed by atoms with E-state index < -0.39 is 31.5 Å². The number of nitrogens with zero attached hydrogens (tertiary/aromatic N) is 1. The Labute approximate surface area is 189 Å². The van der Waals surface area contributed by atoms with E-state index in [1.807, 2.05) is 6.92 Å². The van der Waals surface area contributed by atoms with Crippen LogP contribution in [-0.2, 0) is 30.2 Å². The number of β-lactam (4-membered cyclic amide) rings is 1. The van der Waals surface area contributed by atoms with E-state index in [0.29, 0.717) is 5.56 Å². The summed E-state index contributed by atoms with van der Waals surface area (Å²) in [6, 6.07) is 5.26. The smallest absolute Gasteiger partial charge is 0.313 e. The zero-order valence-electron chi connectivity index (χ0n) is 19.5. The number of hydrogen-bond acceptors (Lipinski definition) is 7. The highest BCUT2D eigenvalue weighted by Gasteiger charge is 2.47.